The summed E-state index contributed by atoms with van der Waals surface area (Å²) in [6, 6.07) is 6.39. The summed E-state index contributed by atoms with van der Waals surface area (Å²) in [5, 5.41) is 14.1. The molecule has 6 nitrogen and oxygen atoms in total. The van der Waals surface area contributed by atoms with Crippen molar-refractivity contribution in [3.8, 4) is 0 Å². The van der Waals surface area contributed by atoms with Crippen molar-refractivity contribution in [1.29, 1.82) is 0 Å². The fraction of sp³-hybridized carbons (Fsp3) is 0.385. The zero-order valence-electron chi connectivity index (χ0n) is 11.0. The lowest BCUT2D eigenvalue weighted by Gasteiger charge is -2.17. The van der Waals surface area contributed by atoms with Crippen LogP contribution in [0.25, 0.3) is 0 Å². The van der Waals surface area contributed by atoms with Gasteiger partial charge < -0.3 is 21.5 Å². The first-order chi connectivity index (χ1) is 8.91. The molecule has 0 saturated carbocycles. The predicted molar refractivity (Wildman–Crippen MR) is 73.8 cm³/mol. The van der Waals surface area contributed by atoms with Gasteiger partial charge >= 0.3 is 12.0 Å². The highest BCUT2D eigenvalue weighted by molar-refractivity contribution is 5.92. The van der Waals surface area contributed by atoms with Crippen molar-refractivity contribution in [3.05, 3.63) is 24.3 Å². The standard InChI is InChI=1S/C13H19N3O3/c1-8(2)9(12(17)18)7-15-13(19)16-11-6-4-3-5-10(11)14/h3-6,8-9H,7,14H2,1-2H3,(H,17,18)(H2,15,16,19). The zero-order valence-corrected chi connectivity index (χ0v) is 11.0. The molecule has 1 atom stereocenters. The number of nitrogen functional groups attached to an aromatic ring is 1. The van der Waals surface area contributed by atoms with Gasteiger partial charge in [0, 0.05) is 6.54 Å². The highest BCUT2D eigenvalue weighted by Crippen LogP contribution is 2.16. The molecular formula is C13H19N3O3. The van der Waals surface area contributed by atoms with Gasteiger partial charge in [0.15, 0.2) is 0 Å². The smallest absolute Gasteiger partial charge is 0.319 e. The highest BCUT2D eigenvalue weighted by atomic mass is 16.4. The van der Waals surface area contributed by atoms with E-state index in [0.717, 1.165) is 0 Å². The molecule has 0 aliphatic heterocycles. The Morgan fingerprint density at radius 1 is 1.32 bits per heavy atom. The molecule has 0 saturated heterocycles. The molecule has 0 fully saturated rings. The lowest BCUT2D eigenvalue weighted by atomic mass is 9.96. The lowest BCUT2D eigenvalue weighted by molar-refractivity contribution is -0.142. The third kappa shape index (κ3) is 4.50. The molecule has 6 heteroatoms. The van der Waals surface area contributed by atoms with E-state index < -0.39 is 17.9 Å². The molecule has 104 valence electrons. The number of hydrogen-bond acceptors (Lipinski definition) is 3. The predicted octanol–water partition coefficient (Wildman–Crippen LogP) is 1.75. The van der Waals surface area contributed by atoms with Crippen LogP contribution >= 0.6 is 0 Å². The summed E-state index contributed by atoms with van der Waals surface area (Å²) in [6.07, 6.45) is 0. The zero-order chi connectivity index (χ0) is 14.4. The Morgan fingerprint density at radius 3 is 2.47 bits per heavy atom. The van der Waals surface area contributed by atoms with Crippen molar-refractivity contribution >= 4 is 23.4 Å². The number of para-hydroxylation sites is 2. The van der Waals surface area contributed by atoms with Gasteiger partial charge in [0.2, 0.25) is 0 Å². The summed E-state index contributed by atoms with van der Waals surface area (Å²) >= 11 is 0. The van der Waals surface area contributed by atoms with Crippen LogP contribution in [0.4, 0.5) is 16.2 Å². The van der Waals surface area contributed by atoms with Crippen molar-refractivity contribution in [2.75, 3.05) is 17.6 Å². The van der Waals surface area contributed by atoms with Gasteiger partial charge in [0.05, 0.1) is 17.3 Å². The van der Waals surface area contributed by atoms with Crippen LogP contribution in [-0.4, -0.2) is 23.7 Å². The van der Waals surface area contributed by atoms with E-state index in [1.165, 1.54) is 0 Å². The number of rotatable bonds is 5. The van der Waals surface area contributed by atoms with E-state index in [1.807, 2.05) is 0 Å². The first kappa shape index (κ1) is 14.8. The van der Waals surface area contributed by atoms with Crippen LogP contribution in [0.15, 0.2) is 24.3 Å². The number of carboxylic acids is 1. The van der Waals surface area contributed by atoms with Crippen molar-refractivity contribution in [3.63, 3.8) is 0 Å². The fourth-order valence-electron chi connectivity index (χ4n) is 1.59. The SMILES string of the molecule is CC(C)C(CNC(=O)Nc1ccccc1N)C(=O)O. The van der Waals surface area contributed by atoms with E-state index in [0.29, 0.717) is 11.4 Å². The quantitative estimate of drug-likeness (QED) is 0.609. The molecule has 0 aromatic heterocycles. The van der Waals surface area contributed by atoms with Gasteiger partial charge in [-0.3, -0.25) is 4.79 Å². The Labute approximate surface area is 112 Å². The Kier molecular flexibility index (Phi) is 5.17. The first-order valence-corrected chi connectivity index (χ1v) is 6.04. The van der Waals surface area contributed by atoms with Gasteiger partial charge in [-0.25, -0.2) is 4.79 Å². The summed E-state index contributed by atoms with van der Waals surface area (Å²) in [4.78, 5) is 22.6. The molecule has 1 aromatic rings. The Balaban J connectivity index is 2.52. The number of anilines is 2. The third-order valence-corrected chi connectivity index (χ3v) is 2.81. The molecule has 1 aromatic carbocycles. The van der Waals surface area contributed by atoms with Crippen LogP contribution in [0.2, 0.25) is 0 Å². The Morgan fingerprint density at radius 2 is 1.95 bits per heavy atom. The minimum absolute atomic E-state index is 0.0559. The molecule has 0 bridgehead atoms. The number of benzene rings is 1. The van der Waals surface area contributed by atoms with E-state index in [2.05, 4.69) is 10.6 Å². The van der Waals surface area contributed by atoms with Crippen molar-refractivity contribution < 1.29 is 14.7 Å². The number of hydrogen-bond donors (Lipinski definition) is 4. The van der Waals surface area contributed by atoms with E-state index in [4.69, 9.17) is 10.8 Å². The maximum atomic E-state index is 11.6. The van der Waals surface area contributed by atoms with Crippen LogP contribution in [0, 0.1) is 11.8 Å². The number of carboxylic acid groups (broad SMARTS) is 1. The van der Waals surface area contributed by atoms with Crippen molar-refractivity contribution in [1.82, 2.24) is 5.32 Å². The summed E-state index contributed by atoms with van der Waals surface area (Å²) in [7, 11) is 0. The maximum absolute atomic E-state index is 11.6. The second kappa shape index (κ2) is 6.63. The van der Waals surface area contributed by atoms with Gasteiger partial charge in [0.25, 0.3) is 0 Å². The lowest BCUT2D eigenvalue weighted by Crippen LogP contribution is -2.37. The minimum Gasteiger partial charge on any atom is -0.481 e. The van der Waals surface area contributed by atoms with Crippen molar-refractivity contribution in [2.24, 2.45) is 11.8 Å². The van der Waals surface area contributed by atoms with E-state index in [9.17, 15) is 9.59 Å². The molecule has 19 heavy (non-hydrogen) atoms. The summed E-state index contributed by atoms with van der Waals surface area (Å²) in [5.41, 5.74) is 6.64. The number of nitrogens with two attached hydrogens (primary N) is 1. The van der Waals surface area contributed by atoms with Crippen LogP contribution in [0.5, 0.6) is 0 Å². The Bertz CT molecular complexity index is 460. The van der Waals surface area contributed by atoms with E-state index >= 15 is 0 Å². The van der Waals surface area contributed by atoms with Gasteiger partial charge in [-0.05, 0) is 18.1 Å². The molecule has 1 rings (SSSR count). The third-order valence-electron chi connectivity index (χ3n) is 2.81. The number of aliphatic carboxylic acids is 1. The van der Waals surface area contributed by atoms with E-state index in [-0.39, 0.29) is 12.5 Å². The maximum Gasteiger partial charge on any atom is 0.319 e. The van der Waals surface area contributed by atoms with E-state index in [1.54, 1.807) is 38.1 Å². The summed E-state index contributed by atoms with van der Waals surface area (Å²) in [5.74, 6) is -1.59. The summed E-state index contributed by atoms with van der Waals surface area (Å²) < 4.78 is 0. The molecule has 0 radical (unpaired) electrons. The molecule has 2 amide bonds. The largest absolute Gasteiger partial charge is 0.481 e. The number of amides is 2. The van der Waals surface area contributed by atoms with Crippen LogP contribution in [0.3, 0.4) is 0 Å². The van der Waals surface area contributed by atoms with Crippen LogP contribution in [-0.2, 0) is 4.79 Å². The number of carbonyl (C=O) groups is 2. The topological polar surface area (TPSA) is 104 Å². The van der Waals surface area contributed by atoms with Gasteiger partial charge in [-0.15, -0.1) is 0 Å². The number of nitrogens with one attached hydrogen (secondary N) is 2. The molecule has 0 aliphatic rings. The molecule has 0 aliphatic carbocycles. The van der Waals surface area contributed by atoms with Gasteiger partial charge in [-0.2, -0.15) is 0 Å². The minimum atomic E-state index is -0.922. The number of urea groups is 1. The second-order valence-electron chi connectivity index (χ2n) is 4.61. The van der Waals surface area contributed by atoms with Gasteiger partial charge in [-0.1, -0.05) is 26.0 Å². The monoisotopic (exact) mass is 265 g/mol. The van der Waals surface area contributed by atoms with Gasteiger partial charge in [0.1, 0.15) is 0 Å². The second-order valence-corrected chi connectivity index (χ2v) is 4.61. The molecular weight excluding hydrogens is 246 g/mol. The summed E-state index contributed by atoms with van der Waals surface area (Å²) in [6.45, 7) is 3.67. The fourth-order valence-corrected chi connectivity index (χ4v) is 1.59. The highest BCUT2D eigenvalue weighted by Gasteiger charge is 2.21. The molecule has 1 unspecified atom stereocenters. The van der Waals surface area contributed by atoms with Crippen molar-refractivity contribution in [2.45, 2.75) is 13.8 Å². The number of carbonyl (C=O) groups excluding carboxylic acids is 1. The molecule has 0 spiro atoms. The average molecular weight is 265 g/mol. The van der Waals surface area contributed by atoms with Crippen LogP contribution in [0.1, 0.15) is 13.8 Å². The molecule has 5 N–H and O–H groups in total. The Hall–Kier alpha value is -2.24. The normalized spacial score (nSPS) is 11.9. The molecule has 0 heterocycles. The average Bonchev–Trinajstić information content (AvgIpc) is 2.31. The first-order valence-electron chi connectivity index (χ1n) is 6.04. The van der Waals surface area contributed by atoms with Crippen LogP contribution < -0.4 is 16.4 Å².